The van der Waals surface area contributed by atoms with Crippen LogP contribution in [0.1, 0.15) is 40.7 Å². The van der Waals surface area contributed by atoms with Crippen molar-refractivity contribution in [3.8, 4) is 0 Å². The van der Waals surface area contributed by atoms with Crippen molar-refractivity contribution in [2.75, 3.05) is 4.90 Å². The van der Waals surface area contributed by atoms with Crippen molar-refractivity contribution in [2.45, 2.75) is 31.2 Å². The van der Waals surface area contributed by atoms with E-state index in [0.717, 1.165) is 18.6 Å². The molecular formula is C19H15F2NO3. The van der Waals surface area contributed by atoms with Gasteiger partial charge in [0.05, 0.1) is 17.5 Å². The fraction of sp³-hybridized carbons (Fsp3) is 0.263. The SMILES string of the molecule is O=C1c2c(F)ccc(F)c2CN1c1ccc(C2(C(=O)O)CCC2)cc1. The molecule has 2 aromatic carbocycles. The van der Waals surface area contributed by atoms with E-state index in [1.54, 1.807) is 24.3 Å². The van der Waals surface area contributed by atoms with E-state index in [4.69, 9.17) is 0 Å². The number of nitrogens with zero attached hydrogens (tertiary/aromatic N) is 1. The van der Waals surface area contributed by atoms with E-state index in [0.29, 0.717) is 24.1 Å². The highest BCUT2D eigenvalue weighted by atomic mass is 19.1. The first-order valence-corrected chi connectivity index (χ1v) is 8.07. The van der Waals surface area contributed by atoms with Gasteiger partial charge in [-0.1, -0.05) is 18.6 Å². The van der Waals surface area contributed by atoms with Crippen molar-refractivity contribution in [2.24, 2.45) is 0 Å². The first-order chi connectivity index (χ1) is 11.9. The number of carboxylic acid groups (broad SMARTS) is 1. The monoisotopic (exact) mass is 343 g/mol. The Balaban J connectivity index is 1.66. The number of carbonyl (C=O) groups is 2. The minimum Gasteiger partial charge on any atom is -0.481 e. The Bertz CT molecular complexity index is 888. The summed E-state index contributed by atoms with van der Waals surface area (Å²) in [6.45, 7) is -0.0405. The third kappa shape index (κ3) is 2.17. The molecule has 1 aliphatic carbocycles. The lowest BCUT2D eigenvalue weighted by Crippen LogP contribution is -2.42. The number of carboxylic acids is 1. The second-order valence-corrected chi connectivity index (χ2v) is 6.56. The van der Waals surface area contributed by atoms with Crippen LogP contribution >= 0.6 is 0 Å². The molecule has 0 radical (unpaired) electrons. The molecule has 1 saturated carbocycles. The molecule has 0 saturated heterocycles. The van der Waals surface area contributed by atoms with Gasteiger partial charge in [-0.05, 0) is 42.7 Å². The molecule has 4 nitrogen and oxygen atoms in total. The maximum atomic E-state index is 13.9. The molecule has 1 N–H and O–H groups in total. The molecule has 1 fully saturated rings. The van der Waals surface area contributed by atoms with Crippen LogP contribution in [0.4, 0.5) is 14.5 Å². The normalized spacial score (nSPS) is 18.0. The van der Waals surface area contributed by atoms with Crippen LogP contribution in [0, 0.1) is 11.6 Å². The Labute approximate surface area is 142 Å². The van der Waals surface area contributed by atoms with E-state index < -0.39 is 28.9 Å². The maximum absolute atomic E-state index is 13.9. The van der Waals surface area contributed by atoms with Crippen molar-refractivity contribution in [1.82, 2.24) is 0 Å². The molecule has 0 bridgehead atoms. The molecule has 6 heteroatoms. The Hall–Kier alpha value is -2.76. The van der Waals surface area contributed by atoms with Gasteiger partial charge in [0, 0.05) is 11.3 Å². The van der Waals surface area contributed by atoms with E-state index in [1.807, 2.05) is 0 Å². The molecule has 0 unspecified atom stereocenters. The van der Waals surface area contributed by atoms with E-state index >= 15 is 0 Å². The number of aliphatic carboxylic acids is 1. The molecular weight excluding hydrogens is 328 g/mol. The lowest BCUT2D eigenvalue weighted by atomic mass is 9.64. The van der Waals surface area contributed by atoms with Crippen molar-refractivity contribution < 1.29 is 23.5 Å². The zero-order valence-electron chi connectivity index (χ0n) is 13.3. The summed E-state index contributed by atoms with van der Waals surface area (Å²) in [4.78, 5) is 25.3. The summed E-state index contributed by atoms with van der Waals surface area (Å²) in [5.74, 6) is -2.78. The summed E-state index contributed by atoms with van der Waals surface area (Å²) in [5, 5.41) is 9.49. The minimum atomic E-state index is -0.852. The van der Waals surface area contributed by atoms with Gasteiger partial charge in [-0.25, -0.2) is 8.78 Å². The van der Waals surface area contributed by atoms with E-state index in [-0.39, 0.29) is 17.7 Å². The molecule has 1 amide bonds. The smallest absolute Gasteiger partial charge is 0.314 e. The standard InChI is InChI=1S/C19H15F2NO3/c20-14-6-7-15(21)16-13(14)10-22(17(16)23)12-4-2-11(3-5-12)19(18(24)25)8-1-9-19/h2-7H,1,8-10H2,(H,24,25). The van der Waals surface area contributed by atoms with Crippen molar-refractivity contribution in [3.63, 3.8) is 0 Å². The third-order valence-corrected chi connectivity index (χ3v) is 5.33. The first-order valence-electron chi connectivity index (χ1n) is 8.07. The highest BCUT2D eigenvalue weighted by Gasteiger charge is 2.46. The van der Waals surface area contributed by atoms with Gasteiger partial charge in [0.15, 0.2) is 0 Å². The maximum Gasteiger partial charge on any atom is 0.314 e. The number of fused-ring (bicyclic) bond motifs is 1. The molecule has 1 heterocycles. The molecule has 0 atom stereocenters. The van der Waals surface area contributed by atoms with Gasteiger partial charge in [0.2, 0.25) is 0 Å². The van der Waals surface area contributed by atoms with Crippen molar-refractivity contribution >= 4 is 17.6 Å². The largest absolute Gasteiger partial charge is 0.481 e. The second kappa shape index (κ2) is 5.37. The third-order valence-electron chi connectivity index (χ3n) is 5.33. The number of benzene rings is 2. The summed E-state index contributed by atoms with van der Waals surface area (Å²) >= 11 is 0. The molecule has 0 spiro atoms. The van der Waals surface area contributed by atoms with Gasteiger partial charge in [0.25, 0.3) is 5.91 Å². The number of anilines is 1. The van der Waals surface area contributed by atoms with Crippen molar-refractivity contribution in [3.05, 3.63) is 64.7 Å². The summed E-state index contributed by atoms with van der Waals surface area (Å²) in [6.07, 6.45) is 2.05. The number of rotatable bonds is 3. The Morgan fingerprint density at radius 1 is 1.04 bits per heavy atom. The van der Waals surface area contributed by atoms with Crippen molar-refractivity contribution in [1.29, 1.82) is 0 Å². The fourth-order valence-corrected chi connectivity index (χ4v) is 3.67. The van der Waals surface area contributed by atoms with Crippen LogP contribution < -0.4 is 4.90 Å². The van der Waals surface area contributed by atoms with E-state index in [2.05, 4.69) is 0 Å². The second-order valence-electron chi connectivity index (χ2n) is 6.56. The lowest BCUT2D eigenvalue weighted by molar-refractivity contribution is -0.147. The predicted molar refractivity (Wildman–Crippen MR) is 86.5 cm³/mol. The molecule has 128 valence electrons. The summed E-state index contributed by atoms with van der Waals surface area (Å²) in [7, 11) is 0. The molecule has 0 aromatic heterocycles. The molecule has 25 heavy (non-hydrogen) atoms. The average Bonchev–Trinajstić information content (AvgIpc) is 2.89. The minimum absolute atomic E-state index is 0.0405. The zero-order chi connectivity index (χ0) is 17.8. The van der Waals surface area contributed by atoms with Gasteiger partial charge in [-0.15, -0.1) is 0 Å². The number of hydrogen-bond donors (Lipinski definition) is 1. The fourth-order valence-electron chi connectivity index (χ4n) is 3.67. The van der Waals surface area contributed by atoms with Gasteiger partial charge >= 0.3 is 5.97 Å². The summed E-state index contributed by atoms with van der Waals surface area (Å²) in [5.41, 5.74) is 0.148. The van der Waals surface area contributed by atoms with Crippen LogP contribution in [0.25, 0.3) is 0 Å². The van der Waals surface area contributed by atoms with E-state index in [1.165, 1.54) is 4.90 Å². The molecule has 1 aliphatic heterocycles. The molecule has 2 aliphatic rings. The Kier molecular flexibility index (Phi) is 3.39. The highest BCUT2D eigenvalue weighted by molar-refractivity contribution is 6.10. The topological polar surface area (TPSA) is 57.6 Å². The van der Waals surface area contributed by atoms with Crippen LogP contribution in [-0.2, 0) is 16.8 Å². The Morgan fingerprint density at radius 2 is 1.68 bits per heavy atom. The Morgan fingerprint density at radius 3 is 2.20 bits per heavy atom. The zero-order valence-corrected chi connectivity index (χ0v) is 13.3. The molecule has 4 rings (SSSR count). The van der Waals surface area contributed by atoms with Crippen LogP contribution in [0.2, 0.25) is 0 Å². The lowest BCUT2D eigenvalue weighted by Gasteiger charge is -2.38. The van der Waals surface area contributed by atoms with Gasteiger partial charge in [-0.3, -0.25) is 9.59 Å². The number of hydrogen-bond acceptors (Lipinski definition) is 2. The number of carbonyl (C=O) groups excluding carboxylic acids is 1. The van der Waals surface area contributed by atoms with Crippen LogP contribution in [-0.4, -0.2) is 17.0 Å². The average molecular weight is 343 g/mol. The molecule has 2 aromatic rings. The van der Waals surface area contributed by atoms with Crippen LogP contribution in [0.3, 0.4) is 0 Å². The predicted octanol–water partition coefficient (Wildman–Crippen LogP) is 3.63. The first kappa shape index (κ1) is 15.7. The van der Waals surface area contributed by atoms with Gasteiger partial charge in [0.1, 0.15) is 11.6 Å². The van der Waals surface area contributed by atoms with E-state index in [9.17, 15) is 23.5 Å². The highest BCUT2D eigenvalue weighted by Crippen LogP contribution is 2.44. The van der Waals surface area contributed by atoms with Crippen LogP contribution in [0.5, 0.6) is 0 Å². The van der Waals surface area contributed by atoms with Crippen LogP contribution in [0.15, 0.2) is 36.4 Å². The summed E-state index contributed by atoms with van der Waals surface area (Å²) < 4.78 is 27.8. The summed E-state index contributed by atoms with van der Waals surface area (Å²) in [6, 6.07) is 8.61. The quantitative estimate of drug-likeness (QED) is 0.926. The van der Waals surface area contributed by atoms with Gasteiger partial charge in [-0.2, -0.15) is 0 Å². The number of amides is 1. The number of halogens is 2. The van der Waals surface area contributed by atoms with Gasteiger partial charge < -0.3 is 10.0 Å².